The van der Waals surface area contributed by atoms with Gasteiger partial charge in [0.25, 0.3) is 0 Å². The Morgan fingerprint density at radius 2 is 1.35 bits per heavy atom. The van der Waals surface area contributed by atoms with E-state index in [-0.39, 0.29) is 13.1 Å². The van der Waals surface area contributed by atoms with Gasteiger partial charge in [-0.2, -0.15) is 0 Å². The van der Waals surface area contributed by atoms with Gasteiger partial charge in [-0.1, -0.05) is 0 Å². The molecule has 0 aromatic heterocycles. The van der Waals surface area contributed by atoms with Crippen LogP contribution in [-0.2, 0) is 9.05 Å². The fourth-order valence-electron chi connectivity index (χ4n) is 3.39. The first-order valence-corrected chi connectivity index (χ1v) is 9.46. The second kappa shape index (κ2) is 5.44. The molecule has 140 valence electrons. The number of rotatable bonds is 4. The Labute approximate surface area is 132 Å². The van der Waals surface area contributed by atoms with Crippen LogP contribution < -0.4 is 0 Å². The predicted octanol–water partition coefficient (Wildman–Crippen LogP) is 4.97. The van der Waals surface area contributed by atoms with Crippen molar-refractivity contribution in [1.29, 1.82) is 0 Å². The van der Waals surface area contributed by atoms with Crippen LogP contribution in [0.15, 0.2) is 0 Å². The van der Waals surface area contributed by atoms with Crippen LogP contribution in [-0.4, -0.2) is 54.1 Å². The van der Waals surface area contributed by atoms with Gasteiger partial charge in [-0.25, -0.2) is 0 Å². The molecule has 0 spiro atoms. The van der Waals surface area contributed by atoms with E-state index in [2.05, 4.69) is 0 Å². The van der Waals surface area contributed by atoms with Crippen LogP contribution in [0.5, 0.6) is 0 Å². The normalized spacial score (nSPS) is 25.5. The van der Waals surface area contributed by atoms with Gasteiger partial charge in [0.2, 0.25) is 0 Å². The van der Waals surface area contributed by atoms with Crippen molar-refractivity contribution in [3.8, 4) is 0 Å². The Morgan fingerprint density at radius 1 is 1.00 bits per heavy atom. The van der Waals surface area contributed by atoms with Crippen LogP contribution in [0.2, 0.25) is 0 Å². The van der Waals surface area contributed by atoms with Crippen LogP contribution in [0, 0.1) is 0 Å². The number of halogens is 6. The minimum absolute atomic E-state index is 0.227. The summed E-state index contributed by atoms with van der Waals surface area (Å²) < 4.78 is 91.5. The van der Waals surface area contributed by atoms with Crippen LogP contribution in [0.3, 0.4) is 0 Å². The molecule has 1 aliphatic heterocycles. The Hall–Kier alpha value is -0.110. The van der Waals surface area contributed by atoms with E-state index in [0.29, 0.717) is 0 Å². The zero-order valence-electron chi connectivity index (χ0n) is 14.1. The monoisotopic (exact) mass is 371 g/mol. The minimum atomic E-state index is -5.57. The molecule has 0 unspecified atom stereocenters. The molecule has 0 aliphatic carbocycles. The van der Waals surface area contributed by atoms with Gasteiger partial charge in [0.1, 0.15) is 0 Å². The molecule has 1 aliphatic rings. The third-order valence-corrected chi connectivity index (χ3v) is 11.6. The van der Waals surface area contributed by atoms with Gasteiger partial charge in [0.05, 0.1) is 0 Å². The Bertz CT molecular complexity index is 431. The summed E-state index contributed by atoms with van der Waals surface area (Å²) in [4.78, 5) is 0. The van der Waals surface area contributed by atoms with Crippen molar-refractivity contribution in [2.75, 3.05) is 26.4 Å². The van der Waals surface area contributed by atoms with Crippen molar-refractivity contribution in [3.05, 3.63) is 0 Å². The molecule has 0 saturated carbocycles. The molecule has 0 N–H and O–H groups in total. The molecular formula is C13H24F6NO2P. The Morgan fingerprint density at radius 3 is 1.52 bits per heavy atom. The number of hydrogen-bond acceptors (Lipinski definition) is 3. The third kappa shape index (κ3) is 2.41. The third-order valence-electron chi connectivity index (χ3n) is 4.76. The molecule has 1 fully saturated rings. The summed E-state index contributed by atoms with van der Waals surface area (Å²) in [6.07, 6.45) is -12.4. The zero-order valence-corrected chi connectivity index (χ0v) is 15.0. The van der Waals surface area contributed by atoms with E-state index in [0.717, 1.165) is 7.11 Å². The topological polar surface area (TPSA) is 21.7 Å². The number of hydrogen-bond donors (Lipinski definition) is 0. The molecule has 0 amide bonds. The SMILES string of the molecule is CCN(CC)P1(OC)(C(C)(C)C)CC(C(F)(F)F)(C(F)(F)F)O1. The molecule has 10 heteroatoms. The molecule has 0 bridgehead atoms. The van der Waals surface area contributed by atoms with E-state index < -0.39 is 36.5 Å². The van der Waals surface area contributed by atoms with Crippen LogP contribution in [0.25, 0.3) is 0 Å². The summed E-state index contributed by atoms with van der Waals surface area (Å²) in [6.45, 7) is 8.45. The molecule has 3 nitrogen and oxygen atoms in total. The van der Waals surface area contributed by atoms with E-state index in [1.165, 1.54) is 4.67 Å². The molecule has 1 rings (SSSR count). The summed E-state index contributed by atoms with van der Waals surface area (Å²) in [7, 11) is -3.22. The van der Waals surface area contributed by atoms with Crippen molar-refractivity contribution in [2.24, 2.45) is 0 Å². The van der Waals surface area contributed by atoms with Crippen molar-refractivity contribution < 1.29 is 35.4 Å². The van der Waals surface area contributed by atoms with Crippen molar-refractivity contribution >= 4 is 7.21 Å². The summed E-state index contributed by atoms with van der Waals surface area (Å²) >= 11 is 0. The maximum absolute atomic E-state index is 13.3. The summed E-state index contributed by atoms with van der Waals surface area (Å²) in [5.41, 5.74) is -4.18. The van der Waals surface area contributed by atoms with Gasteiger partial charge >= 0.3 is 131 Å². The second-order valence-corrected chi connectivity index (χ2v) is 11.6. The molecular weight excluding hydrogens is 347 g/mol. The van der Waals surface area contributed by atoms with Crippen LogP contribution in [0.1, 0.15) is 34.6 Å². The first-order valence-electron chi connectivity index (χ1n) is 7.25. The van der Waals surface area contributed by atoms with E-state index in [4.69, 9.17) is 9.05 Å². The molecule has 0 aromatic rings. The van der Waals surface area contributed by atoms with Crippen molar-refractivity contribution in [3.63, 3.8) is 0 Å². The summed E-state index contributed by atoms with van der Waals surface area (Å²) in [5, 5.41) is -1.04. The van der Waals surface area contributed by atoms with E-state index in [9.17, 15) is 26.3 Å². The Kier molecular flexibility index (Phi) is 4.95. The molecule has 1 heterocycles. The van der Waals surface area contributed by atoms with Gasteiger partial charge in [-0.3, -0.25) is 0 Å². The molecule has 1 saturated heterocycles. The summed E-state index contributed by atoms with van der Waals surface area (Å²) in [6, 6.07) is 0. The summed E-state index contributed by atoms with van der Waals surface area (Å²) in [5.74, 6) is 0. The van der Waals surface area contributed by atoms with Crippen molar-refractivity contribution in [2.45, 2.75) is 57.7 Å². The standard InChI is InChI=1S/C13H24F6NO2P/c1-7-20(8-2)23(21-6,10(3,4)5)9-11(22-23,12(14,15)16)13(17,18)19/h7-9H2,1-6H3. The Balaban J connectivity index is 3.59. The van der Waals surface area contributed by atoms with Gasteiger partial charge in [-0.05, 0) is 0 Å². The average molecular weight is 371 g/mol. The van der Waals surface area contributed by atoms with E-state index in [1.807, 2.05) is 0 Å². The maximum atomic E-state index is 13.3. The fraction of sp³-hybridized carbons (Fsp3) is 1.00. The number of alkyl halides is 6. The van der Waals surface area contributed by atoms with E-state index >= 15 is 0 Å². The number of nitrogens with zero attached hydrogens (tertiary/aromatic N) is 1. The van der Waals surface area contributed by atoms with Crippen LogP contribution >= 0.6 is 7.21 Å². The first-order chi connectivity index (χ1) is 10.1. The second-order valence-electron chi connectivity index (χ2n) is 6.64. The van der Waals surface area contributed by atoms with Gasteiger partial charge in [0.15, 0.2) is 0 Å². The van der Waals surface area contributed by atoms with Crippen molar-refractivity contribution in [1.82, 2.24) is 4.67 Å². The first kappa shape index (κ1) is 20.9. The van der Waals surface area contributed by atoms with E-state index in [1.54, 1.807) is 34.6 Å². The molecule has 23 heavy (non-hydrogen) atoms. The average Bonchev–Trinajstić information content (AvgIpc) is 2.28. The fourth-order valence-corrected chi connectivity index (χ4v) is 9.41. The van der Waals surface area contributed by atoms with Gasteiger partial charge < -0.3 is 0 Å². The molecule has 0 radical (unpaired) electrons. The predicted molar refractivity (Wildman–Crippen MR) is 77.4 cm³/mol. The zero-order chi connectivity index (χ0) is 18.6. The van der Waals surface area contributed by atoms with Gasteiger partial charge in [-0.15, -0.1) is 0 Å². The molecule has 0 aromatic carbocycles. The molecule has 0 atom stereocenters. The quantitative estimate of drug-likeness (QED) is 0.515. The van der Waals surface area contributed by atoms with Gasteiger partial charge in [0, 0.05) is 0 Å². The van der Waals surface area contributed by atoms with Crippen LogP contribution in [0.4, 0.5) is 26.3 Å².